The van der Waals surface area contributed by atoms with Gasteiger partial charge in [-0.3, -0.25) is 4.79 Å². The fourth-order valence-corrected chi connectivity index (χ4v) is 3.10. The number of carbonyl (C=O) groups excluding carboxylic acids is 1. The third-order valence-corrected chi connectivity index (χ3v) is 4.42. The minimum atomic E-state index is -0.164. The molecule has 4 rings (SSSR count). The summed E-state index contributed by atoms with van der Waals surface area (Å²) in [5, 5.41) is 6.21. The summed E-state index contributed by atoms with van der Waals surface area (Å²) >= 11 is 0. The normalized spacial score (nSPS) is 15.7. The smallest absolute Gasteiger partial charge is 0.269 e. The van der Waals surface area contributed by atoms with Gasteiger partial charge in [0.2, 0.25) is 0 Å². The molecular weight excluding hydrogens is 304 g/mol. The van der Waals surface area contributed by atoms with Gasteiger partial charge in [0.1, 0.15) is 17.3 Å². The average Bonchev–Trinajstić information content (AvgIpc) is 3.27. The Morgan fingerprint density at radius 3 is 2.88 bits per heavy atom. The second-order valence-corrected chi connectivity index (χ2v) is 6.09. The molecule has 7 heteroatoms. The van der Waals surface area contributed by atoms with Crippen LogP contribution in [0.4, 0.5) is 0 Å². The number of hydrogen-bond donors (Lipinski definition) is 4. The van der Waals surface area contributed by atoms with Gasteiger partial charge < -0.3 is 20.6 Å². The van der Waals surface area contributed by atoms with Crippen molar-refractivity contribution in [3.05, 3.63) is 47.8 Å². The average molecular weight is 324 g/mol. The van der Waals surface area contributed by atoms with Crippen LogP contribution in [0, 0.1) is 0 Å². The lowest BCUT2D eigenvalue weighted by Crippen LogP contribution is -2.27. The maximum absolute atomic E-state index is 12.3. The van der Waals surface area contributed by atoms with Crippen molar-refractivity contribution < 1.29 is 4.79 Å². The van der Waals surface area contributed by atoms with Gasteiger partial charge in [0.25, 0.3) is 5.91 Å². The molecule has 0 unspecified atom stereocenters. The SMILES string of the molecule is O=C(NCc1nc2ccccc2[nH]1)c1cnc(C2CCNCC2)[nH]1. The van der Waals surface area contributed by atoms with Gasteiger partial charge in [-0.1, -0.05) is 12.1 Å². The molecule has 3 aromatic rings. The Morgan fingerprint density at radius 1 is 1.21 bits per heavy atom. The van der Waals surface area contributed by atoms with Crippen LogP contribution in [-0.2, 0) is 6.54 Å². The number of carbonyl (C=O) groups is 1. The number of aromatic nitrogens is 4. The molecule has 0 atom stereocenters. The van der Waals surface area contributed by atoms with E-state index in [0.717, 1.165) is 48.6 Å². The Bertz CT molecular complexity index is 813. The number of rotatable bonds is 4. The fourth-order valence-electron chi connectivity index (χ4n) is 3.10. The van der Waals surface area contributed by atoms with Crippen LogP contribution in [0.15, 0.2) is 30.5 Å². The number of para-hydroxylation sites is 2. The second-order valence-electron chi connectivity index (χ2n) is 6.09. The molecule has 1 saturated heterocycles. The highest BCUT2D eigenvalue weighted by Crippen LogP contribution is 2.22. The fraction of sp³-hybridized carbons (Fsp3) is 0.353. The molecule has 1 aliphatic heterocycles. The van der Waals surface area contributed by atoms with Gasteiger partial charge in [-0.25, -0.2) is 9.97 Å². The first-order valence-corrected chi connectivity index (χ1v) is 8.27. The third kappa shape index (κ3) is 3.03. The molecule has 4 N–H and O–H groups in total. The zero-order chi connectivity index (χ0) is 16.4. The number of imidazole rings is 2. The van der Waals surface area contributed by atoms with E-state index in [4.69, 9.17) is 0 Å². The Kier molecular flexibility index (Phi) is 4.00. The molecular formula is C17H20N6O. The van der Waals surface area contributed by atoms with Crippen LogP contribution in [0.1, 0.15) is 40.9 Å². The summed E-state index contributed by atoms with van der Waals surface area (Å²) in [6.07, 6.45) is 3.71. The molecule has 0 saturated carbocycles. The molecule has 24 heavy (non-hydrogen) atoms. The molecule has 0 bridgehead atoms. The summed E-state index contributed by atoms with van der Waals surface area (Å²) in [6.45, 7) is 2.35. The number of benzene rings is 1. The van der Waals surface area contributed by atoms with Crippen LogP contribution < -0.4 is 10.6 Å². The first-order valence-electron chi connectivity index (χ1n) is 8.27. The van der Waals surface area contributed by atoms with Crippen LogP contribution in [0.3, 0.4) is 0 Å². The second kappa shape index (κ2) is 6.45. The van der Waals surface area contributed by atoms with E-state index in [1.54, 1.807) is 6.20 Å². The Labute approximate surface area is 139 Å². The maximum atomic E-state index is 12.3. The lowest BCUT2D eigenvalue weighted by molar-refractivity contribution is 0.0945. The zero-order valence-electron chi connectivity index (χ0n) is 13.3. The van der Waals surface area contributed by atoms with Gasteiger partial charge in [0.15, 0.2) is 0 Å². The number of fused-ring (bicyclic) bond motifs is 1. The predicted molar refractivity (Wildman–Crippen MR) is 90.7 cm³/mol. The van der Waals surface area contributed by atoms with Crippen molar-refractivity contribution in [2.24, 2.45) is 0 Å². The summed E-state index contributed by atoms with van der Waals surface area (Å²) in [4.78, 5) is 27.5. The van der Waals surface area contributed by atoms with Crippen molar-refractivity contribution in [1.82, 2.24) is 30.6 Å². The predicted octanol–water partition coefficient (Wildman–Crippen LogP) is 1.68. The van der Waals surface area contributed by atoms with E-state index in [9.17, 15) is 4.79 Å². The van der Waals surface area contributed by atoms with Crippen LogP contribution in [-0.4, -0.2) is 38.9 Å². The van der Waals surface area contributed by atoms with E-state index >= 15 is 0 Å². The van der Waals surface area contributed by atoms with Crippen molar-refractivity contribution in [2.45, 2.75) is 25.3 Å². The monoisotopic (exact) mass is 324 g/mol. The summed E-state index contributed by atoms with van der Waals surface area (Å²) in [7, 11) is 0. The highest BCUT2D eigenvalue weighted by atomic mass is 16.1. The standard InChI is InChI=1S/C17H20N6O/c24-17(14-9-19-16(23-14)11-5-7-18-8-6-11)20-10-15-21-12-3-1-2-4-13(12)22-15/h1-4,9,11,18H,5-8,10H2,(H,19,23)(H,20,24)(H,21,22). The van der Waals surface area contributed by atoms with Crippen molar-refractivity contribution in [2.75, 3.05) is 13.1 Å². The number of hydrogen-bond acceptors (Lipinski definition) is 4. The number of H-pyrrole nitrogens is 2. The molecule has 1 amide bonds. The summed E-state index contributed by atoms with van der Waals surface area (Å²) in [5.74, 6) is 1.89. The number of aromatic amines is 2. The zero-order valence-corrected chi connectivity index (χ0v) is 13.3. The van der Waals surface area contributed by atoms with E-state index < -0.39 is 0 Å². The molecule has 124 valence electrons. The highest BCUT2D eigenvalue weighted by molar-refractivity contribution is 5.92. The van der Waals surface area contributed by atoms with Gasteiger partial charge in [-0.05, 0) is 38.1 Å². The maximum Gasteiger partial charge on any atom is 0.269 e. The summed E-state index contributed by atoms with van der Waals surface area (Å²) < 4.78 is 0. The van der Waals surface area contributed by atoms with Crippen molar-refractivity contribution in [3.8, 4) is 0 Å². The number of amides is 1. The third-order valence-electron chi connectivity index (χ3n) is 4.42. The highest BCUT2D eigenvalue weighted by Gasteiger charge is 2.19. The molecule has 0 aliphatic carbocycles. The topological polar surface area (TPSA) is 98.5 Å². The Morgan fingerprint density at radius 2 is 2.04 bits per heavy atom. The molecule has 1 aromatic carbocycles. The van der Waals surface area contributed by atoms with Gasteiger partial charge in [0, 0.05) is 5.92 Å². The Balaban J connectivity index is 1.39. The Hall–Kier alpha value is -2.67. The molecule has 0 spiro atoms. The van der Waals surface area contributed by atoms with Gasteiger partial charge in [-0.15, -0.1) is 0 Å². The molecule has 0 radical (unpaired) electrons. The van der Waals surface area contributed by atoms with E-state index in [2.05, 4.69) is 30.6 Å². The summed E-state index contributed by atoms with van der Waals surface area (Å²) in [5.41, 5.74) is 2.37. The van der Waals surface area contributed by atoms with E-state index in [1.165, 1.54) is 0 Å². The minimum absolute atomic E-state index is 0.164. The van der Waals surface area contributed by atoms with Crippen LogP contribution in [0.5, 0.6) is 0 Å². The first-order chi connectivity index (χ1) is 11.8. The molecule has 1 aliphatic rings. The van der Waals surface area contributed by atoms with E-state index in [-0.39, 0.29) is 5.91 Å². The molecule has 3 heterocycles. The quantitative estimate of drug-likeness (QED) is 0.587. The van der Waals surface area contributed by atoms with Gasteiger partial charge in [0.05, 0.1) is 23.8 Å². The van der Waals surface area contributed by atoms with Crippen LogP contribution in [0.2, 0.25) is 0 Å². The molecule has 2 aromatic heterocycles. The van der Waals surface area contributed by atoms with Crippen LogP contribution >= 0.6 is 0 Å². The first kappa shape index (κ1) is 14.9. The lowest BCUT2D eigenvalue weighted by atomic mass is 9.98. The van der Waals surface area contributed by atoms with E-state index in [0.29, 0.717) is 18.2 Å². The van der Waals surface area contributed by atoms with Crippen LogP contribution in [0.25, 0.3) is 11.0 Å². The molecule has 1 fully saturated rings. The minimum Gasteiger partial charge on any atom is -0.343 e. The van der Waals surface area contributed by atoms with E-state index in [1.807, 2.05) is 24.3 Å². The van der Waals surface area contributed by atoms with Gasteiger partial charge in [-0.2, -0.15) is 0 Å². The number of nitrogens with zero attached hydrogens (tertiary/aromatic N) is 2. The largest absolute Gasteiger partial charge is 0.343 e. The van der Waals surface area contributed by atoms with Crippen molar-refractivity contribution in [1.29, 1.82) is 0 Å². The number of nitrogens with one attached hydrogen (secondary N) is 4. The number of piperidine rings is 1. The molecule has 7 nitrogen and oxygen atoms in total. The summed E-state index contributed by atoms with van der Waals surface area (Å²) in [6, 6.07) is 7.80. The van der Waals surface area contributed by atoms with Crippen molar-refractivity contribution >= 4 is 16.9 Å². The lowest BCUT2D eigenvalue weighted by Gasteiger charge is -2.20. The van der Waals surface area contributed by atoms with Gasteiger partial charge >= 0.3 is 0 Å². The van der Waals surface area contributed by atoms with Crippen molar-refractivity contribution in [3.63, 3.8) is 0 Å².